The van der Waals surface area contributed by atoms with Crippen molar-refractivity contribution < 1.29 is 27.4 Å². The molecule has 2 aromatic carbocycles. The van der Waals surface area contributed by atoms with Gasteiger partial charge in [0, 0.05) is 18.7 Å². The molecule has 1 unspecified atom stereocenters. The van der Waals surface area contributed by atoms with E-state index >= 15 is 0 Å². The fourth-order valence-electron chi connectivity index (χ4n) is 3.18. The lowest BCUT2D eigenvalue weighted by Crippen LogP contribution is -2.43. The molecule has 0 spiro atoms. The van der Waals surface area contributed by atoms with E-state index in [0.717, 1.165) is 18.4 Å². The number of likely N-dealkylation sites (tertiary alicyclic amines) is 1. The van der Waals surface area contributed by atoms with Gasteiger partial charge in [0.2, 0.25) is 0 Å². The molecule has 0 radical (unpaired) electrons. The maximum absolute atomic E-state index is 12.7. The summed E-state index contributed by atoms with van der Waals surface area (Å²) in [7, 11) is 0. The van der Waals surface area contributed by atoms with Gasteiger partial charge in [0.25, 0.3) is 5.91 Å². The molecule has 3 rings (SSSR count). The molecular formula is C21H22F3NO3. The molecule has 0 N–H and O–H groups in total. The fourth-order valence-corrected chi connectivity index (χ4v) is 3.18. The van der Waals surface area contributed by atoms with Crippen LogP contribution in [0.3, 0.4) is 0 Å². The molecule has 0 aromatic heterocycles. The summed E-state index contributed by atoms with van der Waals surface area (Å²) in [6, 6.07) is 13.2. The SMILES string of the molecule is Cc1ccc(C(=O)N2CCCC(OCc3cccc(OC(F)(F)F)c3)C2)cc1. The number of carbonyl (C=O) groups is 1. The molecule has 150 valence electrons. The van der Waals surface area contributed by atoms with Crippen LogP contribution in [0.25, 0.3) is 0 Å². The Bertz CT molecular complexity index is 805. The van der Waals surface area contributed by atoms with Crippen LogP contribution in [0.4, 0.5) is 13.2 Å². The molecule has 28 heavy (non-hydrogen) atoms. The van der Waals surface area contributed by atoms with Gasteiger partial charge in [0.05, 0.1) is 12.7 Å². The molecule has 1 aliphatic rings. The first kappa shape index (κ1) is 20.2. The number of hydrogen-bond donors (Lipinski definition) is 0. The predicted octanol–water partition coefficient (Wildman–Crippen LogP) is 4.72. The van der Waals surface area contributed by atoms with Crippen LogP contribution < -0.4 is 4.74 Å². The minimum absolute atomic E-state index is 0.0334. The lowest BCUT2D eigenvalue weighted by molar-refractivity contribution is -0.274. The molecule has 0 aliphatic carbocycles. The van der Waals surface area contributed by atoms with Crippen molar-refractivity contribution in [1.29, 1.82) is 0 Å². The molecule has 1 fully saturated rings. The van der Waals surface area contributed by atoms with Gasteiger partial charge < -0.3 is 14.4 Å². The van der Waals surface area contributed by atoms with Crippen molar-refractivity contribution in [3.8, 4) is 5.75 Å². The number of rotatable bonds is 5. The summed E-state index contributed by atoms with van der Waals surface area (Å²) in [6.45, 7) is 3.26. The van der Waals surface area contributed by atoms with Gasteiger partial charge in [-0.3, -0.25) is 4.79 Å². The molecule has 1 amide bonds. The maximum atomic E-state index is 12.7. The Balaban J connectivity index is 1.56. The van der Waals surface area contributed by atoms with E-state index in [1.54, 1.807) is 11.0 Å². The zero-order valence-electron chi connectivity index (χ0n) is 15.5. The molecular weight excluding hydrogens is 371 g/mol. The lowest BCUT2D eigenvalue weighted by Gasteiger charge is -2.32. The summed E-state index contributed by atoms with van der Waals surface area (Å²) in [5.41, 5.74) is 2.32. The van der Waals surface area contributed by atoms with Gasteiger partial charge in [0.15, 0.2) is 0 Å². The Morgan fingerprint density at radius 3 is 2.64 bits per heavy atom. The zero-order chi connectivity index (χ0) is 20.1. The Hall–Kier alpha value is -2.54. The number of ether oxygens (including phenoxy) is 2. The van der Waals surface area contributed by atoms with Crippen LogP contribution >= 0.6 is 0 Å². The molecule has 4 nitrogen and oxygen atoms in total. The third-order valence-corrected chi connectivity index (χ3v) is 4.58. The molecule has 2 aromatic rings. The molecule has 0 bridgehead atoms. The number of benzene rings is 2. The van der Waals surface area contributed by atoms with E-state index in [9.17, 15) is 18.0 Å². The van der Waals surface area contributed by atoms with Gasteiger partial charge in [-0.25, -0.2) is 0 Å². The van der Waals surface area contributed by atoms with E-state index in [2.05, 4.69) is 4.74 Å². The van der Waals surface area contributed by atoms with Gasteiger partial charge >= 0.3 is 6.36 Å². The average Bonchev–Trinajstić information content (AvgIpc) is 2.66. The van der Waals surface area contributed by atoms with Gasteiger partial charge in [-0.1, -0.05) is 29.8 Å². The number of hydrogen-bond acceptors (Lipinski definition) is 3. The van der Waals surface area contributed by atoms with Gasteiger partial charge in [-0.2, -0.15) is 0 Å². The van der Waals surface area contributed by atoms with Crippen molar-refractivity contribution in [2.45, 2.75) is 38.8 Å². The summed E-state index contributed by atoms with van der Waals surface area (Å²) in [5.74, 6) is -0.303. The molecule has 1 atom stereocenters. The maximum Gasteiger partial charge on any atom is 0.573 e. The topological polar surface area (TPSA) is 38.8 Å². The third kappa shape index (κ3) is 5.73. The average molecular weight is 393 g/mol. The fraction of sp³-hybridized carbons (Fsp3) is 0.381. The van der Waals surface area contributed by atoms with E-state index < -0.39 is 6.36 Å². The van der Waals surface area contributed by atoms with E-state index in [0.29, 0.717) is 24.2 Å². The summed E-state index contributed by atoms with van der Waals surface area (Å²) in [6.07, 6.45) is -3.26. The van der Waals surface area contributed by atoms with Crippen LogP contribution in [-0.2, 0) is 11.3 Å². The number of nitrogens with zero attached hydrogens (tertiary/aromatic N) is 1. The highest BCUT2D eigenvalue weighted by atomic mass is 19.4. The number of aryl methyl sites for hydroxylation is 1. The van der Waals surface area contributed by atoms with E-state index in [1.807, 2.05) is 31.2 Å². The van der Waals surface area contributed by atoms with E-state index in [1.165, 1.54) is 18.2 Å². The molecule has 1 saturated heterocycles. The minimum Gasteiger partial charge on any atom is -0.406 e. The second-order valence-electron chi connectivity index (χ2n) is 6.89. The van der Waals surface area contributed by atoms with Crippen LogP contribution in [0.2, 0.25) is 0 Å². The van der Waals surface area contributed by atoms with E-state index in [-0.39, 0.29) is 24.4 Å². The summed E-state index contributed by atoms with van der Waals surface area (Å²) < 4.78 is 46.8. The Labute approximate surface area is 161 Å². The lowest BCUT2D eigenvalue weighted by atomic mass is 10.1. The molecule has 1 heterocycles. The normalized spacial score (nSPS) is 17.4. The smallest absolute Gasteiger partial charge is 0.406 e. The van der Waals surface area contributed by atoms with Crippen molar-refractivity contribution in [2.24, 2.45) is 0 Å². The number of piperidine rings is 1. The van der Waals surface area contributed by atoms with Crippen LogP contribution in [-0.4, -0.2) is 36.4 Å². The summed E-state index contributed by atoms with van der Waals surface area (Å²) in [4.78, 5) is 14.4. The quantitative estimate of drug-likeness (QED) is 0.738. The summed E-state index contributed by atoms with van der Waals surface area (Å²) in [5, 5.41) is 0. The van der Waals surface area contributed by atoms with Crippen LogP contribution in [0.15, 0.2) is 48.5 Å². The Kier molecular flexibility index (Phi) is 6.24. The third-order valence-electron chi connectivity index (χ3n) is 4.58. The van der Waals surface area contributed by atoms with Crippen LogP contribution in [0.1, 0.15) is 34.3 Å². The van der Waals surface area contributed by atoms with Crippen molar-refractivity contribution in [3.63, 3.8) is 0 Å². The highest BCUT2D eigenvalue weighted by Crippen LogP contribution is 2.24. The molecule has 7 heteroatoms. The number of carbonyl (C=O) groups excluding carboxylic acids is 1. The number of alkyl halides is 3. The second kappa shape index (κ2) is 8.65. The zero-order valence-corrected chi connectivity index (χ0v) is 15.5. The van der Waals surface area contributed by atoms with Crippen molar-refractivity contribution in [1.82, 2.24) is 4.90 Å². The van der Waals surface area contributed by atoms with E-state index in [4.69, 9.17) is 4.74 Å². The first-order chi connectivity index (χ1) is 13.3. The van der Waals surface area contributed by atoms with Crippen LogP contribution in [0.5, 0.6) is 5.75 Å². The highest BCUT2D eigenvalue weighted by Gasteiger charge is 2.31. The predicted molar refractivity (Wildman–Crippen MR) is 98.0 cm³/mol. The Morgan fingerprint density at radius 2 is 1.93 bits per heavy atom. The van der Waals surface area contributed by atoms with Gasteiger partial charge in [-0.05, 0) is 49.6 Å². The van der Waals surface area contributed by atoms with Gasteiger partial charge in [-0.15, -0.1) is 13.2 Å². The summed E-state index contributed by atoms with van der Waals surface area (Å²) >= 11 is 0. The molecule has 0 saturated carbocycles. The van der Waals surface area contributed by atoms with Crippen LogP contribution in [0, 0.1) is 6.92 Å². The standard InChI is InChI=1S/C21H22F3NO3/c1-15-7-9-17(10-8-15)20(26)25-11-3-6-19(13-25)27-14-16-4-2-5-18(12-16)28-21(22,23)24/h2,4-5,7-10,12,19H,3,6,11,13-14H2,1H3. The Morgan fingerprint density at radius 1 is 1.18 bits per heavy atom. The van der Waals surface area contributed by atoms with Crippen molar-refractivity contribution in [2.75, 3.05) is 13.1 Å². The first-order valence-electron chi connectivity index (χ1n) is 9.12. The molecule has 1 aliphatic heterocycles. The van der Waals surface area contributed by atoms with Crippen molar-refractivity contribution in [3.05, 3.63) is 65.2 Å². The minimum atomic E-state index is -4.72. The number of halogens is 3. The first-order valence-corrected chi connectivity index (χ1v) is 9.12. The largest absolute Gasteiger partial charge is 0.573 e. The highest BCUT2D eigenvalue weighted by molar-refractivity contribution is 5.94. The number of amides is 1. The van der Waals surface area contributed by atoms with Gasteiger partial charge in [0.1, 0.15) is 5.75 Å². The monoisotopic (exact) mass is 393 g/mol. The van der Waals surface area contributed by atoms with Crippen molar-refractivity contribution >= 4 is 5.91 Å². The second-order valence-corrected chi connectivity index (χ2v) is 6.89.